The summed E-state index contributed by atoms with van der Waals surface area (Å²) >= 11 is 0. The zero-order valence-electron chi connectivity index (χ0n) is 9.24. The molecule has 0 N–H and O–H groups in total. The molecule has 1 fully saturated rings. The van der Waals surface area contributed by atoms with Crippen LogP contribution in [0, 0.1) is 17.2 Å². The predicted molar refractivity (Wildman–Crippen MR) is 61.5 cm³/mol. The molecule has 0 unspecified atom stereocenters. The molecule has 1 aromatic rings. The molecule has 1 aliphatic rings. The molecule has 0 atom stereocenters. The van der Waals surface area contributed by atoms with Crippen molar-refractivity contribution in [2.75, 3.05) is 0 Å². The third kappa shape index (κ3) is 2.39. The van der Waals surface area contributed by atoms with Gasteiger partial charge in [-0.15, -0.1) is 0 Å². The van der Waals surface area contributed by atoms with E-state index in [1.807, 2.05) is 12.1 Å². The summed E-state index contributed by atoms with van der Waals surface area (Å²) in [6, 6.07) is 10.3. The highest BCUT2D eigenvalue weighted by Gasteiger charge is 2.19. The fourth-order valence-corrected chi connectivity index (χ4v) is 2.42. The Balaban J connectivity index is 2.07. The summed E-state index contributed by atoms with van der Waals surface area (Å²) in [5, 5.41) is 8.72. The first-order chi connectivity index (χ1) is 7.29. The maximum atomic E-state index is 8.72. The lowest BCUT2D eigenvalue weighted by Crippen LogP contribution is -2.10. The highest BCUT2D eigenvalue weighted by atomic mass is 14.3. The molecular weight excluding hydrogens is 182 g/mol. The van der Waals surface area contributed by atoms with Crippen molar-refractivity contribution in [1.29, 1.82) is 5.26 Å². The molecule has 1 aromatic carbocycles. The van der Waals surface area contributed by atoms with Crippen LogP contribution in [0.5, 0.6) is 0 Å². The van der Waals surface area contributed by atoms with E-state index in [0.717, 1.165) is 17.4 Å². The molecule has 0 radical (unpaired) electrons. The van der Waals surface area contributed by atoms with Crippen LogP contribution < -0.4 is 0 Å². The second kappa shape index (κ2) is 4.49. The number of nitriles is 1. The molecule has 1 aliphatic carbocycles. The highest BCUT2D eigenvalue weighted by molar-refractivity contribution is 5.33. The van der Waals surface area contributed by atoms with Crippen LogP contribution in [0.4, 0.5) is 0 Å². The van der Waals surface area contributed by atoms with E-state index in [0.29, 0.717) is 0 Å². The van der Waals surface area contributed by atoms with Gasteiger partial charge >= 0.3 is 0 Å². The second-order valence-corrected chi connectivity index (χ2v) is 4.69. The summed E-state index contributed by atoms with van der Waals surface area (Å²) in [5.74, 6) is 1.63. The predicted octanol–water partition coefficient (Wildman–Crippen LogP) is 3.85. The standard InChI is InChI=1S/C14H17N/c1-11-2-6-13(7-3-11)14-8-4-12(10-15)5-9-14/h4-5,8-9,11,13H,2-3,6-7H2,1H3/t11-,13-. The van der Waals surface area contributed by atoms with Crippen LogP contribution in [0.3, 0.4) is 0 Å². The molecule has 0 amide bonds. The Morgan fingerprint density at radius 2 is 1.67 bits per heavy atom. The Hall–Kier alpha value is -1.29. The van der Waals surface area contributed by atoms with Crippen LogP contribution in [-0.4, -0.2) is 0 Å². The molecule has 15 heavy (non-hydrogen) atoms. The Labute approximate surface area is 91.7 Å². The van der Waals surface area contributed by atoms with Crippen molar-refractivity contribution >= 4 is 0 Å². The lowest BCUT2D eigenvalue weighted by Gasteiger charge is -2.26. The summed E-state index contributed by atoms with van der Waals surface area (Å²) < 4.78 is 0. The quantitative estimate of drug-likeness (QED) is 0.674. The average molecular weight is 199 g/mol. The molecule has 2 rings (SSSR count). The van der Waals surface area contributed by atoms with Gasteiger partial charge in [-0.3, -0.25) is 0 Å². The lowest BCUT2D eigenvalue weighted by atomic mass is 9.79. The summed E-state index contributed by atoms with van der Waals surface area (Å²) in [6.07, 6.45) is 5.33. The fourth-order valence-electron chi connectivity index (χ4n) is 2.42. The lowest BCUT2D eigenvalue weighted by molar-refractivity contribution is 0.348. The van der Waals surface area contributed by atoms with Crippen molar-refractivity contribution in [1.82, 2.24) is 0 Å². The first kappa shape index (κ1) is 10.2. The van der Waals surface area contributed by atoms with E-state index in [4.69, 9.17) is 5.26 Å². The van der Waals surface area contributed by atoms with Crippen molar-refractivity contribution in [2.45, 2.75) is 38.5 Å². The monoisotopic (exact) mass is 199 g/mol. The van der Waals surface area contributed by atoms with Gasteiger partial charge < -0.3 is 0 Å². The Kier molecular flexibility index (Phi) is 3.06. The molecule has 0 bridgehead atoms. The summed E-state index contributed by atoms with van der Waals surface area (Å²) in [7, 11) is 0. The molecule has 78 valence electrons. The highest BCUT2D eigenvalue weighted by Crippen LogP contribution is 2.35. The maximum absolute atomic E-state index is 8.72. The van der Waals surface area contributed by atoms with Crippen LogP contribution in [-0.2, 0) is 0 Å². The van der Waals surface area contributed by atoms with E-state index < -0.39 is 0 Å². The molecule has 1 heteroatoms. The molecular formula is C14H17N. The van der Waals surface area contributed by atoms with Crippen LogP contribution in [0.15, 0.2) is 24.3 Å². The minimum atomic E-state index is 0.731. The maximum Gasteiger partial charge on any atom is 0.0991 e. The van der Waals surface area contributed by atoms with Gasteiger partial charge in [0.15, 0.2) is 0 Å². The van der Waals surface area contributed by atoms with E-state index >= 15 is 0 Å². The molecule has 0 saturated heterocycles. The van der Waals surface area contributed by atoms with Crippen LogP contribution in [0.2, 0.25) is 0 Å². The Morgan fingerprint density at radius 3 is 2.20 bits per heavy atom. The molecule has 1 saturated carbocycles. The van der Waals surface area contributed by atoms with Crippen LogP contribution in [0.1, 0.15) is 49.7 Å². The molecule has 0 heterocycles. The zero-order chi connectivity index (χ0) is 10.7. The van der Waals surface area contributed by atoms with Gasteiger partial charge in [0.25, 0.3) is 0 Å². The number of rotatable bonds is 1. The number of nitrogens with zero attached hydrogens (tertiary/aromatic N) is 1. The van der Waals surface area contributed by atoms with Crippen LogP contribution in [0.25, 0.3) is 0 Å². The third-order valence-corrected chi connectivity index (χ3v) is 3.53. The van der Waals surface area contributed by atoms with Gasteiger partial charge in [0, 0.05) is 0 Å². The molecule has 0 aliphatic heterocycles. The van der Waals surface area contributed by atoms with Gasteiger partial charge in [0.1, 0.15) is 0 Å². The zero-order valence-corrected chi connectivity index (χ0v) is 9.24. The molecule has 0 aromatic heterocycles. The van der Waals surface area contributed by atoms with Gasteiger partial charge in [-0.1, -0.05) is 31.9 Å². The van der Waals surface area contributed by atoms with Crippen molar-refractivity contribution in [3.05, 3.63) is 35.4 Å². The number of hydrogen-bond acceptors (Lipinski definition) is 1. The van der Waals surface area contributed by atoms with Crippen molar-refractivity contribution < 1.29 is 0 Å². The van der Waals surface area contributed by atoms with E-state index in [9.17, 15) is 0 Å². The normalized spacial score (nSPS) is 25.9. The Bertz CT molecular complexity index is 350. The van der Waals surface area contributed by atoms with Gasteiger partial charge in [-0.25, -0.2) is 0 Å². The minimum absolute atomic E-state index is 0.731. The van der Waals surface area contributed by atoms with E-state index in [2.05, 4.69) is 25.1 Å². The van der Waals surface area contributed by atoms with Crippen molar-refractivity contribution in [2.24, 2.45) is 5.92 Å². The van der Waals surface area contributed by atoms with Gasteiger partial charge in [-0.2, -0.15) is 5.26 Å². The Morgan fingerprint density at radius 1 is 1.07 bits per heavy atom. The first-order valence-electron chi connectivity index (χ1n) is 5.79. The van der Waals surface area contributed by atoms with E-state index in [1.54, 1.807) is 0 Å². The van der Waals surface area contributed by atoms with Crippen molar-refractivity contribution in [3.8, 4) is 6.07 Å². The number of hydrogen-bond donors (Lipinski definition) is 0. The van der Waals surface area contributed by atoms with Gasteiger partial charge in [0.2, 0.25) is 0 Å². The third-order valence-electron chi connectivity index (χ3n) is 3.53. The second-order valence-electron chi connectivity index (χ2n) is 4.69. The summed E-state index contributed by atoms with van der Waals surface area (Å²) in [4.78, 5) is 0. The average Bonchev–Trinajstić information content (AvgIpc) is 2.30. The molecule has 0 spiro atoms. The van der Waals surface area contributed by atoms with Crippen LogP contribution >= 0.6 is 0 Å². The van der Waals surface area contributed by atoms with Gasteiger partial charge in [-0.05, 0) is 42.4 Å². The van der Waals surface area contributed by atoms with E-state index in [-0.39, 0.29) is 0 Å². The summed E-state index contributed by atoms with van der Waals surface area (Å²) in [5.41, 5.74) is 2.18. The van der Waals surface area contributed by atoms with Crippen molar-refractivity contribution in [3.63, 3.8) is 0 Å². The topological polar surface area (TPSA) is 23.8 Å². The van der Waals surface area contributed by atoms with Gasteiger partial charge in [0.05, 0.1) is 11.6 Å². The fraction of sp³-hybridized carbons (Fsp3) is 0.500. The largest absolute Gasteiger partial charge is 0.192 e. The first-order valence-corrected chi connectivity index (χ1v) is 5.79. The smallest absolute Gasteiger partial charge is 0.0991 e. The SMILES string of the molecule is C[C@H]1CC[C@H](c2ccc(C#N)cc2)CC1. The summed E-state index contributed by atoms with van der Waals surface area (Å²) in [6.45, 7) is 2.34. The number of benzene rings is 1. The van der Waals surface area contributed by atoms with E-state index in [1.165, 1.54) is 31.2 Å². The molecule has 1 nitrogen and oxygen atoms in total. The minimum Gasteiger partial charge on any atom is -0.192 e.